The molecule has 3 aromatic rings. The lowest BCUT2D eigenvalue weighted by Crippen LogP contribution is -2.38. The van der Waals surface area contributed by atoms with Crippen molar-refractivity contribution >= 4 is 5.91 Å². The van der Waals surface area contributed by atoms with Gasteiger partial charge in [-0.2, -0.15) is 5.26 Å². The summed E-state index contributed by atoms with van der Waals surface area (Å²) < 4.78 is 20.8. The minimum absolute atomic E-state index is 0.111. The van der Waals surface area contributed by atoms with Crippen molar-refractivity contribution in [3.05, 3.63) is 82.3 Å². The average molecular weight is 390 g/mol. The Morgan fingerprint density at radius 3 is 2.90 bits per heavy atom. The van der Waals surface area contributed by atoms with Crippen LogP contribution in [0, 0.1) is 24.1 Å². The van der Waals surface area contributed by atoms with E-state index in [-0.39, 0.29) is 18.3 Å². The fourth-order valence-electron chi connectivity index (χ4n) is 3.42. The monoisotopic (exact) mass is 390 g/mol. The number of fused-ring (bicyclic) bond motifs is 1. The van der Waals surface area contributed by atoms with Gasteiger partial charge in [0.15, 0.2) is 0 Å². The fourth-order valence-corrected chi connectivity index (χ4v) is 3.42. The lowest BCUT2D eigenvalue weighted by atomic mass is 10.1. The lowest BCUT2D eigenvalue weighted by molar-refractivity contribution is 0.0706. The van der Waals surface area contributed by atoms with Crippen LogP contribution in [-0.4, -0.2) is 27.1 Å². The predicted molar refractivity (Wildman–Crippen MR) is 104 cm³/mol. The SMILES string of the molecule is Cc1cc(C#N)cc(C(=O)N2CCn3nc(OCc4cccc(F)c4)cc3C2)c1. The Balaban J connectivity index is 1.45. The molecule has 1 amide bonds. The number of amides is 1. The van der Waals surface area contributed by atoms with Crippen LogP contribution in [0.4, 0.5) is 4.39 Å². The molecule has 0 N–H and O–H groups in total. The van der Waals surface area contributed by atoms with Gasteiger partial charge in [-0.1, -0.05) is 12.1 Å². The summed E-state index contributed by atoms with van der Waals surface area (Å²) in [6.45, 7) is 3.57. The van der Waals surface area contributed by atoms with Gasteiger partial charge < -0.3 is 9.64 Å². The molecule has 2 heterocycles. The Kier molecular flexibility index (Phi) is 5.00. The Labute approximate surface area is 167 Å². The molecule has 6 nitrogen and oxygen atoms in total. The number of halogens is 1. The third-order valence-corrected chi connectivity index (χ3v) is 4.79. The number of benzene rings is 2. The highest BCUT2D eigenvalue weighted by atomic mass is 19.1. The number of nitrogens with zero attached hydrogens (tertiary/aromatic N) is 4. The van der Waals surface area contributed by atoms with Gasteiger partial charge >= 0.3 is 0 Å². The molecular formula is C22H19FN4O2. The van der Waals surface area contributed by atoms with Crippen molar-refractivity contribution in [3.63, 3.8) is 0 Å². The normalized spacial score (nSPS) is 12.9. The van der Waals surface area contributed by atoms with Crippen molar-refractivity contribution in [2.24, 2.45) is 0 Å². The van der Waals surface area contributed by atoms with Crippen LogP contribution in [0.15, 0.2) is 48.5 Å². The molecule has 0 unspecified atom stereocenters. The lowest BCUT2D eigenvalue weighted by Gasteiger charge is -2.27. The summed E-state index contributed by atoms with van der Waals surface area (Å²) in [4.78, 5) is 14.6. The molecule has 0 saturated heterocycles. The summed E-state index contributed by atoms with van der Waals surface area (Å²) in [5, 5.41) is 13.6. The van der Waals surface area contributed by atoms with E-state index in [4.69, 9.17) is 10.00 Å². The Hall–Kier alpha value is -3.66. The smallest absolute Gasteiger partial charge is 0.254 e. The van der Waals surface area contributed by atoms with Crippen LogP contribution in [0.25, 0.3) is 0 Å². The average Bonchev–Trinajstić information content (AvgIpc) is 3.13. The molecule has 1 aliphatic rings. The van der Waals surface area contributed by atoms with Crippen molar-refractivity contribution in [1.82, 2.24) is 14.7 Å². The molecule has 0 fully saturated rings. The van der Waals surface area contributed by atoms with Gasteiger partial charge in [0.2, 0.25) is 5.88 Å². The maximum Gasteiger partial charge on any atom is 0.254 e. The van der Waals surface area contributed by atoms with Gasteiger partial charge in [-0.25, -0.2) is 4.39 Å². The molecule has 146 valence electrons. The molecule has 0 spiro atoms. The van der Waals surface area contributed by atoms with Crippen LogP contribution in [-0.2, 0) is 19.7 Å². The molecule has 0 bridgehead atoms. The van der Waals surface area contributed by atoms with E-state index in [0.717, 1.165) is 16.8 Å². The summed E-state index contributed by atoms with van der Waals surface area (Å²) in [6.07, 6.45) is 0. The summed E-state index contributed by atoms with van der Waals surface area (Å²) >= 11 is 0. The standard InChI is InChI=1S/C22H19FN4O2/c1-15-7-17(12-24)9-18(8-15)22(28)26-5-6-27-20(13-26)11-21(25-27)29-14-16-3-2-4-19(23)10-16/h2-4,7-11H,5-6,13-14H2,1H3. The van der Waals surface area contributed by atoms with Gasteiger partial charge in [0.25, 0.3) is 5.91 Å². The fraction of sp³-hybridized carbons (Fsp3) is 0.227. The van der Waals surface area contributed by atoms with E-state index in [9.17, 15) is 9.18 Å². The number of carbonyl (C=O) groups is 1. The first-order chi connectivity index (χ1) is 14.0. The number of rotatable bonds is 4. The topological polar surface area (TPSA) is 71.2 Å². The van der Waals surface area contributed by atoms with Crippen LogP contribution < -0.4 is 4.74 Å². The number of aryl methyl sites for hydroxylation is 1. The third kappa shape index (κ3) is 4.11. The Morgan fingerprint density at radius 2 is 2.10 bits per heavy atom. The van der Waals surface area contributed by atoms with Crippen molar-refractivity contribution in [3.8, 4) is 11.9 Å². The second-order valence-electron chi connectivity index (χ2n) is 7.04. The molecule has 1 aliphatic heterocycles. The van der Waals surface area contributed by atoms with E-state index in [1.54, 1.807) is 41.3 Å². The van der Waals surface area contributed by atoms with Crippen LogP contribution >= 0.6 is 0 Å². The van der Waals surface area contributed by atoms with Gasteiger partial charge in [0.05, 0.1) is 30.4 Å². The summed E-state index contributed by atoms with van der Waals surface area (Å²) in [5.41, 5.74) is 3.45. The molecule has 0 aliphatic carbocycles. The highest BCUT2D eigenvalue weighted by Crippen LogP contribution is 2.21. The van der Waals surface area contributed by atoms with E-state index < -0.39 is 0 Å². The maximum absolute atomic E-state index is 13.3. The number of ether oxygens (including phenoxy) is 1. The Bertz CT molecular complexity index is 1120. The van der Waals surface area contributed by atoms with E-state index in [1.165, 1.54) is 12.1 Å². The van der Waals surface area contributed by atoms with Gasteiger partial charge in [0.1, 0.15) is 12.4 Å². The number of hydrogen-bond donors (Lipinski definition) is 0. The van der Waals surface area contributed by atoms with Crippen molar-refractivity contribution in [1.29, 1.82) is 5.26 Å². The molecule has 1 aromatic heterocycles. The highest BCUT2D eigenvalue weighted by molar-refractivity contribution is 5.94. The zero-order valence-corrected chi connectivity index (χ0v) is 15.9. The quantitative estimate of drug-likeness (QED) is 0.684. The minimum atomic E-state index is -0.305. The van der Waals surface area contributed by atoms with E-state index in [0.29, 0.717) is 36.6 Å². The van der Waals surface area contributed by atoms with Gasteiger partial charge in [-0.05, 0) is 48.4 Å². The zero-order chi connectivity index (χ0) is 20.4. The molecule has 0 saturated carbocycles. The number of aromatic nitrogens is 2. The summed E-state index contributed by atoms with van der Waals surface area (Å²) in [5.74, 6) is 0.0286. The van der Waals surface area contributed by atoms with E-state index >= 15 is 0 Å². The number of hydrogen-bond acceptors (Lipinski definition) is 4. The van der Waals surface area contributed by atoms with Crippen molar-refractivity contribution < 1.29 is 13.9 Å². The molecular weight excluding hydrogens is 371 g/mol. The van der Waals surface area contributed by atoms with Crippen LogP contribution in [0.2, 0.25) is 0 Å². The summed E-state index contributed by atoms with van der Waals surface area (Å²) in [7, 11) is 0. The third-order valence-electron chi connectivity index (χ3n) is 4.79. The van der Waals surface area contributed by atoms with Gasteiger partial charge in [0, 0.05) is 18.2 Å². The van der Waals surface area contributed by atoms with E-state index in [2.05, 4.69) is 11.2 Å². The first-order valence-electron chi connectivity index (χ1n) is 9.27. The molecule has 7 heteroatoms. The first kappa shape index (κ1) is 18.7. The van der Waals surface area contributed by atoms with Gasteiger partial charge in [-0.3, -0.25) is 9.48 Å². The molecule has 29 heavy (non-hydrogen) atoms. The van der Waals surface area contributed by atoms with Crippen LogP contribution in [0.1, 0.15) is 32.7 Å². The number of nitriles is 1. The maximum atomic E-state index is 13.3. The van der Waals surface area contributed by atoms with Crippen molar-refractivity contribution in [2.75, 3.05) is 6.54 Å². The largest absolute Gasteiger partial charge is 0.472 e. The van der Waals surface area contributed by atoms with Crippen molar-refractivity contribution in [2.45, 2.75) is 26.6 Å². The summed E-state index contributed by atoms with van der Waals surface area (Å²) in [6, 6.07) is 15.3. The van der Waals surface area contributed by atoms with Crippen LogP contribution in [0.3, 0.4) is 0 Å². The molecule has 0 atom stereocenters. The molecule has 4 rings (SSSR count). The highest BCUT2D eigenvalue weighted by Gasteiger charge is 2.24. The Morgan fingerprint density at radius 1 is 1.24 bits per heavy atom. The predicted octanol–water partition coefficient (Wildman–Crippen LogP) is 3.44. The minimum Gasteiger partial charge on any atom is -0.472 e. The van der Waals surface area contributed by atoms with E-state index in [1.807, 2.05) is 11.6 Å². The first-order valence-corrected chi connectivity index (χ1v) is 9.27. The molecule has 0 radical (unpaired) electrons. The molecule has 2 aromatic carbocycles. The van der Waals surface area contributed by atoms with Crippen LogP contribution in [0.5, 0.6) is 5.88 Å². The number of carbonyl (C=O) groups excluding carboxylic acids is 1. The van der Waals surface area contributed by atoms with Gasteiger partial charge in [-0.15, -0.1) is 5.10 Å². The second-order valence-corrected chi connectivity index (χ2v) is 7.04. The zero-order valence-electron chi connectivity index (χ0n) is 15.9. The second kappa shape index (κ2) is 7.76.